The van der Waals surface area contributed by atoms with Crippen molar-refractivity contribution in [3.05, 3.63) is 56.2 Å². The third kappa shape index (κ3) is 3.38. The Morgan fingerprint density at radius 2 is 1.84 bits per heavy atom. The fourth-order valence-electron chi connectivity index (χ4n) is 2.09. The minimum atomic E-state index is -0.0175. The number of halogens is 1. The van der Waals surface area contributed by atoms with E-state index in [9.17, 15) is 0 Å². The average Bonchev–Trinajstić information content (AvgIpc) is 2.70. The largest absolute Gasteiger partial charge is 0.323 e. The summed E-state index contributed by atoms with van der Waals surface area (Å²) in [6.07, 6.45) is 0.831. The number of aryl methyl sites for hydroxylation is 1. The maximum Gasteiger partial charge on any atom is 0.0590 e. The Hall–Kier alpha value is -0.830. The van der Waals surface area contributed by atoms with E-state index in [1.807, 2.05) is 6.92 Å². The molecule has 3 heteroatoms. The van der Waals surface area contributed by atoms with Gasteiger partial charge in [0.1, 0.15) is 0 Å². The summed E-state index contributed by atoms with van der Waals surface area (Å²) in [5.41, 5.74) is 10.0. The SMILES string of the molecule is Cc1csc(C(N)Cc2ccc(C(C)C)cc2)c1Cl. The second kappa shape index (κ2) is 6.08. The Kier molecular flexibility index (Phi) is 4.67. The first kappa shape index (κ1) is 14.6. The fraction of sp³-hybridized carbons (Fsp3) is 0.375. The summed E-state index contributed by atoms with van der Waals surface area (Å²) in [7, 11) is 0. The Morgan fingerprint density at radius 3 is 2.32 bits per heavy atom. The summed E-state index contributed by atoms with van der Waals surface area (Å²) in [5, 5.41) is 2.90. The molecule has 1 heterocycles. The maximum atomic E-state index is 6.27. The summed E-state index contributed by atoms with van der Waals surface area (Å²) in [6.45, 7) is 6.43. The van der Waals surface area contributed by atoms with Gasteiger partial charge in [0.2, 0.25) is 0 Å². The Morgan fingerprint density at radius 1 is 1.21 bits per heavy atom. The van der Waals surface area contributed by atoms with Crippen molar-refractivity contribution in [1.29, 1.82) is 0 Å². The molecule has 0 fully saturated rings. The molecule has 1 unspecified atom stereocenters. The summed E-state index contributed by atoms with van der Waals surface area (Å²) in [5.74, 6) is 0.567. The topological polar surface area (TPSA) is 26.0 Å². The van der Waals surface area contributed by atoms with Crippen LogP contribution in [0.25, 0.3) is 0 Å². The molecule has 1 atom stereocenters. The Balaban J connectivity index is 2.10. The zero-order valence-corrected chi connectivity index (χ0v) is 13.2. The molecule has 102 valence electrons. The third-order valence-electron chi connectivity index (χ3n) is 3.36. The highest BCUT2D eigenvalue weighted by atomic mass is 35.5. The van der Waals surface area contributed by atoms with Crippen LogP contribution in [0, 0.1) is 6.92 Å². The van der Waals surface area contributed by atoms with Gasteiger partial charge in [0.15, 0.2) is 0 Å². The number of thiophene rings is 1. The lowest BCUT2D eigenvalue weighted by Gasteiger charge is -2.12. The van der Waals surface area contributed by atoms with Crippen LogP contribution in [0.15, 0.2) is 29.6 Å². The highest BCUT2D eigenvalue weighted by Gasteiger charge is 2.14. The van der Waals surface area contributed by atoms with Crippen LogP contribution in [0.1, 0.15) is 47.4 Å². The molecule has 0 radical (unpaired) electrons. The summed E-state index contributed by atoms with van der Waals surface area (Å²) in [4.78, 5) is 1.09. The normalized spacial score (nSPS) is 12.9. The molecule has 1 nitrogen and oxygen atoms in total. The molecular weight excluding hydrogens is 274 g/mol. The predicted molar refractivity (Wildman–Crippen MR) is 85.2 cm³/mol. The first-order valence-electron chi connectivity index (χ1n) is 6.57. The van der Waals surface area contributed by atoms with Crippen LogP contribution in [-0.2, 0) is 6.42 Å². The lowest BCUT2D eigenvalue weighted by atomic mass is 9.99. The maximum absolute atomic E-state index is 6.27. The molecule has 1 aromatic heterocycles. The number of nitrogens with two attached hydrogens (primary N) is 1. The zero-order valence-electron chi connectivity index (χ0n) is 11.6. The number of hydrogen-bond acceptors (Lipinski definition) is 2. The lowest BCUT2D eigenvalue weighted by molar-refractivity contribution is 0.735. The summed E-state index contributed by atoms with van der Waals surface area (Å²) in [6, 6.07) is 8.70. The van der Waals surface area contributed by atoms with Crippen LogP contribution in [-0.4, -0.2) is 0 Å². The van der Waals surface area contributed by atoms with Gasteiger partial charge in [-0.2, -0.15) is 0 Å². The van der Waals surface area contributed by atoms with Crippen molar-refractivity contribution in [2.45, 2.75) is 39.2 Å². The Bertz CT molecular complexity index is 542. The molecule has 0 aliphatic carbocycles. The molecule has 0 saturated heterocycles. The van der Waals surface area contributed by atoms with E-state index >= 15 is 0 Å². The van der Waals surface area contributed by atoms with Crippen LogP contribution >= 0.6 is 22.9 Å². The van der Waals surface area contributed by atoms with Crippen LogP contribution in [0.3, 0.4) is 0 Å². The van der Waals surface area contributed by atoms with Gasteiger partial charge in [-0.25, -0.2) is 0 Å². The molecule has 0 spiro atoms. The smallest absolute Gasteiger partial charge is 0.0590 e. The summed E-state index contributed by atoms with van der Waals surface area (Å²) >= 11 is 7.92. The van der Waals surface area contributed by atoms with Crippen molar-refractivity contribution >= 4 is 22.9 Å². The number of benzene rings is 1. The number of hydrogen-bond donors (Lipinski definition) is 1. The first-order valence-corrected chi connectivity index (χ1v) is 7.82. The standard InChI is InChI=1S/C16H20ClNS/c1-10(2)13-6-4-12(5-7-13)8-14(18)16-15(17)11(3)9-19-16/h4-7,9-10,14H,8,18H2,1-3H3. The van der Waals surface area contributed by atoms with Crippen molar-refractivity contribution in [1.82, 2.24) is 0 Å². The van der Waals surface area contributed by atoms with Crippen LogP contribution < -0.4 is 5.73 Å². The van der Waals surface area contributed by atoms with E-state index in [4.69, 9.17) is 17.3 Å². The van der Waals surface area contributed by atoms with Gasteiger partial charge in [-0.15, -0.1) is 11.3 Å². The molecule has 2 aromatic rings. The molecule has 0 aliphatic rings. The van der Waals surface area contributed by atoms with Gasteiger partial charge in [-0.3, -0.25) is 0 Å². The van der Waals surface area contributed by atoms with Gasteiger partial charge < -0.3 is 5.73 Å². The molecule has 2 rings (SSSR count). The average molecular weight is 294 g/mol. The highest BCUT2D eigenvalue weighted by Crippen LogP contribution is 2.32. The van der Waals surface area contributed by atoms with Gasteiger partial charge >= 0.3 is 0 Å². The lowest BCUT2D eigenvalue weighted by Crippen LogP contribution is -2.12. The molecule has 0 amide bonds. The summed E-state index contributed by atoms with van der Waals surface area (Å²) < 4.78 is 0. The Labute approximate surface area is 124 Å². The second-order valence-corrected chi connectivity index (χ2v) is 6.59. The van der Waals surface area contributed by atoms with Crippen molar-refractivity contribution in [3.8, 4) is 0 Å². The highest BCUT2D eigenvalue weighted by molar-refractivity contribution is 7.10. The predicted octanol–water partition coefficient (Wildman–Crippen LogP) is 5.08. The molecule has 2 N–H and O–H groups in total. The molecular formula is C16H20ClNS. The fourth-order valence-corrected chi connectivity index (χ4v) is 3.42. The van der Waals surface area contributed by atoms with Gasteiger partial charge in [-0.1, -0.05) is 49.7 Å². The van der Waals surface area contributed by atoms with Gasteiger partial charge in [0, 0.05) is 10.9 Å². The van der Waals surface area contributed by atoms with Gasteiger partial charge in [-0.05, 0) is 41.3 Å². The number of rotatable bonds is 4. The molecule has 0 saturated carbocycles. The van der Waals surface area contributed by atoms with E-state index in [0.717, 1.165) is 21.9 Å². The minimum Gasteiger partial charge on any atom is -0.323 e. The third-order valence-corrected chi connectivity index (χ3v) is 5.21. The van der Waals surface area contributed by atoms with Crippen LogP contribution in [0.2, 0.25) is 5.02 Å². The van der Waals surface area contributed by atoms with Gasteiger partial charge in [0.25, 0.3) is 0 Å². The van der Waals surface area contributed by atoms with E-state index in [0.29, 0.717) is 5.92 Å². The van der Waals surface area contributed by atoms with E-state index < -0.39 is 0 Å². The molecule has 0 aliphatic heterocycles. The molecule has 0 bridgehead atoms. The monoisotopic (exact) mass is 293 g/mol. The van der Waals surface area contributed by atoms with E-state index in [1.54, 1.807) is 11.3 Å². The second-order valence-electron chi connectivity index (χ2n) is 5.30. The zero-order chi connectivity index (χ0) is 14.0. The van der Waals surface area contributed by atoms with Crippen molar-refractivity contribution in [3.63, 3.8) is 0 Å². The van der Waals surface area contributed by atoms with Crippen molar-refractivity contribution in [2.75, 3.05) is 0 Å². The van der Waals surface area contributed by atoms with E-state index in [1.165, 1.54) is 11.1 Å². The van der Waals surface area contributed by atoms with Gasteiger partial charge in [0.05, 0.1) is 5.02 Å². The van der Waals surface area contributed by atoms with Crippen LogP contribution in [0.5, 0.6) is 0 Å². The van der Waals surface area contributed by atoms with Crippen molar-refractivity contribution in [2.24, 2.45) is 5.73 Å². The molecule has 19 heavy (non-hydrogen) atoms. The van der Waals surface area contributed by atoms with Crippen LogP contribution in [0.4, 0.5) is 0 Å². The minimum absolute atomic E-state index is 0.0175. The van der Waals surface area contributed by atoms with Crippen molar-refractivity contribution < 1.29 is 0 Å². The van der Waals surface area contributed by atoms with E-state index in [2.05, 4.69) is 43.5 Å². The first-order chi connectivity index (χ1) is 8.99. The van der Waals surface area contributed by atoms with E-state index in [-0.39, 0.29) is 6.04 Å². The quantitative estimate of drug-likeness (QED) is 0.836. The molecule has 1 aromatic carbocycles.